The third-order valence-corrected chi connectivity index (χ3v) is 5.10. The van der Waals surface area contributed by atoms with Crippen molar-refractivity contribution in [3.8, 4) is 11.5 Å². The second-order valence-electron chi connectivity index (χ2n) is 7.92. The molecule has 3 rings (SSSR count). The molecule has 1 aliphatic rings. The molecule has 30 heavy (non-hydrogen) atoms. The third kappa shape index (κ3) is 5.66. The molecule has 0 aliphatic carbocycles. The lowest BCUT2D eigenvalue weighted by atomic mass is 10.1. The van der Waals surface area contributed by atoms with E-state index in [-0.39, 0.29) is 6.10 Å². The molecule has 2 N–H and O–H groups in total. The Morgan fingerprint density at radius 2 is 1.83 bits per heavy atom. The minimum absolute atomic E-state index is 0.217. The van der Waals surface area contributed by atoms with Crippen molar-refractivity contribution in [3.05, 3.63) is 58.7 Å². The smallest absolute Gasteiger partial charge is 0.191 e. The van der Waals surface area contributed by atoms with Crippen LogP contribution in [0.1, 0.15) is 36.1 Å². The molecular formula is C24H34N4O2. The average Bonchev–Trinajstić information content (AvgIpc) is 3.07. The highest BCUT2D eigenvalue weighted by molar-refractivity contribution is 5.79. The van der Waals surface area contributed by atoms with Crippen molar-refractivity contribution < 1.29 is 9.47 Å². The van der Waals surface area contributed by atoms with Gasteiger partial charge >= 0.3 is 0 Å². The van der Waals surface area contributed by atoms with Gasteiger partial charge in [0, 0.05) is 44.2 Å². The second kappa shape index (κ2) is 10.3. The van der Waals surface area contributed by atoms with Crippen molar-refractivity contribution >= 4 is 5.96 Å². The molecule has 0 amide bonds. The zero-order valence-corrected chi connectivity index (χ0v) is 18.8. The number of hydrogen-bond donors (Lipinski definition) is 2. The van der Waals surface area contributed by atoms with Gasteiger partial charge in [0.25, 0.3) is 0 Å². The Morgan fingerprint density at radius 3 is 2.50 bits per heavy atom. The lowest BCUT2D eigenvalue weighted by Crippen LogP contribution is -2.36. The molecule has 1 heterocycles. The van der Waals surface area contributed by atoms with Gasteiger partial charge < -0.3 is 25.0 Å². The molecule has 1 aliphatic heterocycles. The van der Waals surface area contributed by atoms with Crippen LogP contribution in [-0.4, -0.2) is 44.7 Å². The summed E-state index contributed by atoms with van der Waals surface area (Å²) < 4.78 is 11.8. The summed E-state index contributed by atoms with van der Waals surface area (Å²) in [6.07, 6.45) is 1.15. The van der Waals surface area contributed by atoms with Gasteiger partial charge in [-0.1, -0.05) is 24.3 Å². The summed E-state index contributed by atoms with van der Waals surface area (Å²) in [5.74, 6) is 2.63. The van der Waals surface area contributed by atoms with Crippen molar-refractivity contribution in [2.24, 2.45) is 4.99 Å². The maximum Gasteiger partial charge on any atom is 0.191 e. The number of ether oxygens (including phenoxy) is 2. The monoisotopic (exact) mass is 410 g/mol. The maximum absolute atomic E-state index is 5.93. The molecule has 0 spiro atoms. The predicted molar refractivity (Wildman–Crippen MR) is 122 cm³/mol. The van der Waals surface area contributed by atoms with Gasteiger partial charge in [-0.15, -0.1) is 0 Å². The second-order valence-corrected chi connectivity index (χ2v) is 7.92. The minimum atomic E-state index is 0.217. The van der Waals surface area contributed by atoms with Crippen LogP contribution in [-0.2, 0) is 26.1 Å². The first-order chi connectivity index (χ1) is 14.5. The van der Waals surface area contributed by atoms with E-state index in [9.17, 15) is 0 Å². The Kier molecular flexibility index (Phi) is 7.57. The molecule has 2 aromatic carbocycles. The van der Waals surface area contributed by atoms with Crippen LogP contribution in [0.2, 0.25) is 0 Å². The van der Waals surface area contributed by atoms with Crippen molar-refractivity contribution in [1.82, 2.24) is 15.5 Å². The quantitative estimate of drug-likeness (QED) is 0.516. The number of benzene rings is 2. The van der Waals surface area contributed by atoms with Gasteiger partial charge in [-0.25, -0.2) is 0 Å². The van der Waals surface area contributed by atoms with Crippen molar-refractivity contribution in [2.45, 2.75) is 46.0 Å². The molecule has 2 aromatic rings. The van der Waals surface area contributed by atoms with E-state index in [2.05, 4.69) is 77.9 Å². The first-order valence-corrected chi connectivity index (χ1v) is 10.6. The number of rotatable bonds is 8. The lowest BCUT2D eigenvalue weighted by molar-refractivity contribution is 0.254. The van der Waals surface area contributed by atoms with Gasteiger partial charge in [0.05, 0.1) is 6.61 Å². The van der Waals surface area contributed by atoms with Crippen LogP contribution in [0.5, 0.6) is 11.5 Å². The Labute approximate surface area is 180 Å². The molecule has 0 fully saturated rings. The molecule has 6 nitrogen and oxygen atoms in total. The van der Waals surface area contributed by atoms with E-state index < -0.39 is 0 Å². The minimum Gasteiger partial charge on any atom is -0.494 e. The molecule has 0 aromatic heterocycles. The van der Waals surface area contributed by atoms with E-state index in [1.54, 1.807) is 7.05 Å². The summed E-state index contributed by atoms with van der Waals surface area (Å²) in [6, 6.07) is 12.7. The van der Waals surface area contributed by atoms with E-state index in [0.717, 1.165) is 36.0 Å². The Morgan fingerprint density at radius 1 is 1.13 bits per heavy atom. The fraction of sp³-hybridized carbons (Fsp3) is 0.458. The van der Waals surface area contributed by atoms with E-state index in [4.69, 9.17) is 9.47 Å². The third-order valence-electron chi connectivity index (χ3n) is 5.10. The van der Waals surface area contributed by atoms with Crippen molar-refractivity contribution in [3.63, 3.8) is 0 Å². The van der Waals surface area contributed by atoms with Crippen LogP contribution in [0, 0.1) is 0 Å². The standard InChI is InChI=1S/C24H34N4O2/c1-6-29-22-12-20-11-17(2)30-23(20)13-21(22)15-27-24(25-3)26-14-18-9-7-8-10-19(18)16-28(4)5/h7-10,12-13,17H,6,11,14-16H2,1-5H3,(H2,25,26,27). The Balaban J connectivity index is 1.65. The van der Waals surface area contributed by atoms with Gasteiger partial charge in [0.1, 0.15) is 17.6 Å². The number of aliphatic imine (C=N–C) groups is 1. The summed E-state index contributed by atoms with van der Waals surface area (Å²) in [7, 11) is 5.96. The van der Waals surface area contributed by atoms with E-state index in [0.29, 0.717) is 19.7 Å². The van der Waals surface area contributed by atoms with Crippen LogP contribution in [0.25, 0.3) is 0 Å². The number of nitrogens with one attached hydrogen (secondary N) is 2. The highest BCUT2D eigenvalue weighted by Crippen LogP contribution is 2.35. The number of fused-ring (bicyclic) bond motifs is 1. The van der Waals surface area contributed by atoms with Gasteiger partial charge in [0.2, 0.25) is 0 Å². The molecule has 0 radical (unpaired) electrons. The zero-order valence-electron chi connectivity index (χ0n) is 18.8. The van der Waals surface area contributed by atoms with Crippen molar-refractivity contribution in [2.75, 3.05) is 27.7 Å². The van der Waals surface area contributed by atoms with E-state index in [1.165, 1.54) is 16.7 Å². The van der Waals surface area contributed by atoms with E-state index in [1.807, 2.05) is 6.92 Å². The topological polar surface area (TPSA) is 58.1 Å². The molecule has 0 saturated carbocycles. The average molecular weight is 411 g/mol. The van der Waals surface area contributed by atoms with E-state index >= 15 is 0 Å². The fourth-order valence-electron chi connectivity index (χ4n) is 3.71. The summed E-state index contributed by atoms with van der Waals surface area (Å²) in [5, 5.41) is 6.84. The largest absolute Gasteiger partial charge is 0.494 e. The summed E-state index contributed by atoms with van der Waals surface area (Å²) in [4.78, 5) is 6.56. The summed E-state index contributed by atoms with van der Waals surface area (Å²) in [6.45, 7) is 6.98. The van der Waals surface area contributed by atoms with Crippen LogP contribution < -0.4 is 20.1 Å². The Bertz CT molecular complexity index is 880. The lowest BCUT2D eigenvalue weighted by Gasteiger charge is -2.17. The van der Waals surface area contributed by atoms with Gasteiger partial charge in [0.15, 0.2) is 5.96 Å². The van der Waals surface area contributed by atoms with Crippen LogP contribution in [0.3, 0.4) is 0 Å². The number of hydrogen-bond acceptors (Lipinski definition) is 4. The predicted octanol–water partition coefficient (Wildman–Crippen LogP) is 3.34. The van der Waals surface area contributed by atoms with Crippen LogP contribution in [0.4, 0.5) is 0 Å². The zero-order chi connectivity index (χ0) is 21.5. The SMILES string of the molecule is CCOc1cc2c(cc1CNC(=NC)NCc1ccccc1CN(C)C)OC(C)C2. The highest BCUT2D eigenvalue weighted by Gasteiger charge is 2.22. The van der Waals surface area contributed by atoms with Gasteiger partial charge in [-0.3, -0.25) is 4.99 Å². The number of guanidine groups is 1. The molecule has 162 valence electrons. The molecule has 0 saturated heterocycles. The molecular weight excluding hydrogens is 376 g/mol. The summed E-state index contributed by atoms with van der Waals surface area (Å²) in [5.41, 5.74) is 4.87. The molecule has 1 atom stereocenters. The first-order valence-electron chi connectivity index (χ1n) is 10.6. The van der Waals surface area contributed by atoms with Gasteiger partial charge in [-0.05, 0) is 51.2 Å². The van der Waals surface area contributed by atoms with Crippen molar-refractivity contribution in [1.29, 1.82) is 0 Å². The number of nitrogens with zero attached hydrogens (tertiary/aromatic N) is 2. The normalized spacial score (nSPS) is 15.7. The fourth-order valence-corrected chi connectivity index (χ4v) is 3.71. The highest BCUT2D eigenvalue weighted by atomic mass is 16.5. The Hall–Kier alpha value is -2.73. The molecule has 6 heteroatoms. The van der Waals surface area contributed by atoms with Crippen LogP contribution in [0.15, 0.2) is 41.4 Å². The molecule has 0 bridgehead atoms. The van der Waals surface area contributed by atoms with Gasteiger partial charge in [-0.2, -0.15) is 0 Å². The molecule has 1 unspecified atom stereocenters. The first kappa shape index (κ1) is 22.0. The van der Waals surface area contributed by atoms with Crippen LogP contribution >= 0.6 is 0 Å². The maximum atomic E-state index is 5.93. The summed E-state index contributed by atoms with van der Waals surface area (Å²) >= 11 is 0.